The number of hydrogen-bond donors (Lipinski definition) is 1. The lowest BCUT2D eigenvalue weighted by atomic mass is 10.3. The van der Waals surface area contributed by atoms with Gasteiger partial charge in [-0.25, -0.2) is 4.39 Å². The first-order chi connectivity index (χ1) is 6.50. The minimum absolute atomic E-state index is 0.0915. The molecule has 1 aromatic rings. The van der Waals surface area contributed by atoms with E-state index in [1.807, 2.05) is 0 Å². The zero-order valence-corrected chi connectivity index (χ0v) is 9.69. The van der Waals surface area contributed by atoms with Crippen LogP contribution in [0.2, 0.25) is 5.02 Å². The van der Waals surface area contributed by atoms with Gasteiger partial charge in [0, 0.05) is 5.02 Å². The highest BCUT2D eigenvalue weighted by Crippen LogP contribution is 2.20. The van der Waals surface area contributed by atoms with Crippen LogP contribution in [-0.4, -0.2) is 10.7 Å². The lowest BCUT2D eigenvalue weighted by Gasteiger charge is -2.07. The summed E-state index contributed by atoms with van der Waals surface area (Å²) < 4.78 is 13.1. The Morgan fingerprint density at radius 3 is 2.86 bits per heavy atom. The Morgan fingerprint density at radius 2 is 2.29 bits per heavy atom. The number of hydrogen-bond acceptors (Lipinski definition) is 1. The van der Waals surface area contributed by atoms with Crippen LogP contribution in [0.25, 0.3) is 0 Å². The van der Waals surface area contributed by atoms with Crippen LogP contribution in [0.1, 0.15) is 6.92 Å². The third kappa shape index (κ3) is 2.96. The van der Waals surface area contributed by atoms with Gasteiger partial charge in [-0.15, -0.1) is 0 Å². The van der Waals surface area contributed by atoms with Crippen molar-refractivity contribution < 1.29 is 9.18 Å². The number of amides is 1. The van der Waals surface area contributed by atoms with Crippen molar-refractivity contribution in [1.82, 2.24) is 0 Å². The predicted molar refractivity (Wildman–Crippen MR) is 58.4 cm³/mol. The second-order valence-corrected chi connectivity index (χ2v) is 4.54. The first kappa shape index (κ1) is 11.5. The Morgan fingerprint density at radius 1 is 1.64 bits per heavy atom. The molecule has 1 amide bonds. The summed E-state index contributed by atoms with van der Waals surface area (Å²) >= 11 is 8.72. The van der Waals surface area contributed by atoms with Gasteiger partial charge in [0.05, 0.1) is 10.5 Å². The van der Waals surface area contributed by atoms with Crippen LogP contribution in [0, 0.1) is 5.82 Å². The summed E-state index contributed by atoms with van der Waals surface area (Å²) in [6.07, 6.45) is 0. The summed E-state index contributed by atoms with van der Waals surface area (Å²) in [5.41, 5.74) is 0.0915. The molecule has 1 N–H and O–H groups in total. The number of carbonyl (C=O) groups excluding carboxylic acids is 1. The molecule has 0 bridgehead atoms. The van der Waals surface area contributed by atoms with Crippen LogP contribution in [-0.2, 0) is 4.79 Å². The predicted octanol–water partition coefficient (Wildman–Crippen LogP) is 3.20. The van der Waals surface area contributed by atoms with E-state index in [-0.39, 0.29) is 16.4 Å². The monoisotopic (exact) mass is 279 g/mol. The molecule has 0 saturated carbocycles. The SMILES string of the molecule is CC(Br)C(=O)Nc1cc(Cl)ccc1F. The molecule has 0 aliphatic carbocycles. The highest BCUT2D eigenvalue weighted by molar-refractivity contribution is 9.10. The number of halogens is 3. The minimum atomic E-state index is -0.504. The van der Waals surface area contributed by atoms with E-state index in [9.17, 15) is 9.18 Å². The van der Waals surface area contributed by atoms with Gasteiger partial charge >= 0.3 is 0 Å². The fraction of sp³-hybridized carbons (Fsp3) is 0.222. The first-order valence-electron chi connectivity index (χ1n) is 3.90. The molecule has 1 atom stereocenters. The highest BCUT2D eigenvalue weighted by Gasteiger charge is 2.11. The maximum Gasteiger partial charge on any atom is 0.237 e. The van der Waals surface area contributed by atoms with E-state index in [0.29, 0.717) is 5.02 Å². The summed E-state index contributed by atoms with van der Waals surface area (Å²) in [6.45, 7) is 1.65. The van der Waals surface area contributed by atoms with E-state index in [4.69, 9.17) is 11.6 Å². The van der Waals surface area contributed by atoms with E-state index < -0.39 is 5.82 Å². The molecule has 0 radical (unpaired) electrons. The van der Waals surface area contributed by atoms with Crippen LogP contribution < -0.4 is 5.32 Å². The zero-order valence-electron chi connectivity index (χ0n) is 7.35. The van der Waals surface area contributed by atoms with Gasteiger partial charge in [-0.1, -0.05) is 27.5 Å². The molecular weight excluding hydrogens is 272 g/mol. The summed E-state index contributed by atoms with van der Waals surface area (Å²) in [5.74, 6) is -0.818. The standard InChI is InChI=1S/C9H8BrClFNO/c1-5(10)9(14)13-8-4-6(11)2-3-7(8)12/h2-5H,1H3,(H,13,14). The minimum Gasteiger partial charge on any atom is -0.323 e. The van der Waals surface area contributed by atoms with Gasteiger partial charge in [0.2, 0.25) is 5.91 Å². The molecule has 0 heterocycles. The fourth-order valence-corrected chi connectivity index (χ4v) is 1.11. The van der Waals surface area contributed by atoms with Gasteiger partial charge in [0.25, 0.3) is 0 Å². The second-order valence-electron chi connectivity index (χ2n) is 2.73. The second kappa shape index (κ2) is 4.75. The van der Waals surface area contributed by atoms with Gasteiger partial charge in [0.1, 0.15) is 5.82 Å². The third-order valence-corrected chi connectivity index (χ3v) is 2.20. The number of alkyl halides is 1. The average molecular weight is 281 g/mol. The maximum atomic E-state index is 13.1. The summed E-state index contributed by atoms with van der Waals surface area (Å²) in [6, 6.07) is 3.99. The first-order valence-corrected chi connectivity index (χ1v) is 5.20. The van der Waals surface area contributed by atoms with Crippen molar-refractivity contribution in [3.05, 3.63) is 29.0 Å². The molecule has 2 nitrogen and oxygen atoms in total. The van der Waals surface area contributed by atoms with Crippen molar-refractivity contribution in [2.75, 3.05) is 5.32 Å². The Balaban J connectivity index is 2.86. The number of benzene rings is 1. The molecule has 0 fully saturated rings. The van der Waals surface area contributed by atoms with Gasteiger partial charge in [-0.2, -0.15) is 0 Å². The third-order valence-electron chi connectivity index (χ3n) is 1.55. The van der Waals surface area contributed by atoms with Crippen molar-refractivity contribution >= 4 is 39.1 Å². The van der Waals surface area contributed by atoms with Gasteiger partial charge < -0.3 is 5.32 Å². The fourth-order valence-electron chi connectivity index (χ4n) is 0.825. The topological polar surface area (TPSA) is 29.1 Å². The Hall–Kier alpha value is -0.610. The van der Waals surface area contributed by atoms with Crippen LogP contribution in [0.3, 0.4) is 0 Å². The zero-order chi connectivity index (χ0) is 10.7. The summed E-state index contributed by atoms with van der Waals surface area (Å²) in [7, 11) is 0. The van der Waals surface area contributed by atoms with Crippen molar-refractivity contribution in [3.8, 4) is 0 Å². The van der Waals surface area contributed by atoms with Crippen molar-refractivity contribution in [1.29, 1.82) is 0 Å². The lowest BCUT2D eigenvalue weighted by Crippen LogP contribution is -2.20. The molecule has 1 aromatic carbocycles. The molecule has 1 unspecified atom stereocenters. The van der Waals surface area contributed by atoms with Crippen LogP contribution in [0.15, 0.2) is 18.2 Å². The summed E-state index contributed by atoms with van der Waals surface area (Å²) in [5, 5.41) is 2.78. The van der Waals surface area contributed by atoms with Crippen LogP contribution >= 0.6 is 27.5 Å². The maximum absolute atomic E-state index is 13.1. The van der Waals surface area contributed by atoms with Gasteiger partial charge in [0.15, 0.2) is 0 Å². The average Bonchev–Trinajstić information content (AvgIpc) is 2.11. The van der Waals surface area contributed by atoms with Crippen LogP contribution in [0.4, 0.5) is 10.1 Å². The largest absolute Gasteiger partial charge is 0.323 e. The van der Waals surface area contributed by atoms with Gasteiger partial charge in [-0.3, -0.25) is 4.79 Å². The van der Waals surface area contributed by atoms with E-state index in [1.54, 1.807) is 6.92 Å². The normalized spacial score (nSPS) is 12.3. The van der Waals surface area contributed by atoms with E-state index in [1.165, 1.54) is 18.2 Å². The molecule has 14 heavy (non-hydrogen) atoms. The number of nitrogens with one attached hydrogen (secondary N) is 1. The van der Waals surface area contributed by atoms with Gasteiger partial charge in [-0.05, 0) is 25.1 Å². The molecule has 0 saturated heterocycles. The van der Waals surface area contributed by atoms with E-state index in [2.05, 4.69) is 21.2 Å². The van der Waals surface area contributed by atoms with Crippen molar-refractivity contribution in [2.24, 2.45) is 0 Å². The van der Waals surface area contributed by atoms with E-state index in [0.717, 1.165) is 0 Å². The highest BCUT2D eigenvalue weighted by atomic mass is 79.9. The van der Waals surface area contributed by atoms with Crippen molar-refractivity contribution in [3.63, 3.8) is 0 Å². The molecule has 1 rings (SSSR count). The molecule has 5 heteroatoms. The lowest BCUT2D eigenvalue weighted by molar-refractivity contribution is -0.115. The summed E-state index contributed by atoms with van der Waals surface area (Å²) in [4.78, 5) is 10.8. The van der Waals surface area contributed by atoms with Crippen LogP contribution in [0.5, 0.6) is 0 Å². The number of carbonyl (C=O) groups is 1. The van der Waals surface area contributed by atoms with E-state index >= 15 is 0 Å². The Bertz CT molecular complexity index is 357. The number of rotatable bonds is 2. The molecule has 0 aliphatic heterocycles. The quantitative estimate of drug-likeness (QED) is 0.828. The molecule has 0 aromatic heterocycles. The Kier molecular flexibility index (Phi) is 3.89. The number of anilines is 1. The smallest absolute Gasteiger partial charge is 0.237 e. The van der Waals surface area contributed by atoms with Crippen molar-refractivity contribution in [2.45, 2.75) is 11.8 Å². The molecule has 0 spiro atoms. The Labute approximate surface area is 94.6 Å². The molecular formula is C9H8BrClFNO. The molecule has 76 valence electrons. The molecule has 0 aliphatic rings.